The lowest BCUT2D eigenvalue weighted by atomic mass is 9.87. The Morgan fingerprint density at radius 2 is 1.84 bits per heavy atom. The van der Waals surface area contributed by atoms with Crippen LogP contribution in [0.15, 0.2) is 41.7 Å². The van der Waals surface area contributed by atoms with E-state index in [4.69, 9.17) is 10.6 Å². The standard InChI is InChI=1S/C25H40N4O2/c1-7-25(8-2)15-20(31-6)17-28(25)22(30)14-18(3)23-27-21(16-24(4,5)29(23)26)19-12-10-9-11-13-19/h9-13,20-21,27H,7-8,14-17,26H2,1-6H3/b23-18+. The number of methoxy groups -OCH3 is 1. The molecule has 2 heterocycles. The van der Waals surface area contributed by atoms with Gasteiger partial charge in [0.2, 0.25) is 5.91 Å². The van der Waals surface area contributed by atoms with Crippen LogP contribution < -0.4 is 11.2 Å². The monoisotopic (exact) mass is 428 g/mol. The topological polar surface area (TPSA) is 70.8 Å². The molecule has 1 aromatic carbocycles. The van der Waals surface area contributed by atoms with Crippen LogP contribution in [0.3, 0.4) is 0 Å². The summed E-state index contributed by atoms with van der Waals surface area (Å²) in [5, 5.41) is 5.43. The number of amides is 1. The minimum Gasteiger partial charge on any atom is -0.380 e. The van der Waals surface area contributed by atoms with E-state index < -0.39 is 0 Å². The molecule has 0 bridgehead atoms. The number of carbonyl (C=O) groups is 1. The minimum atomic E-state index is -0.225. The Bertz CT molecular complexity index is 801. The SMILES string of the molecule is CCC1(CC)CC(OC)CN1C(=O)C/C(C)=C1\NC(c2ccccc2)CC(C)(C)N1N. The quantitative estimate of drug-likeness (QED) is 0.668. The van der Waals surface area contributed by atoms with Crippen LogP contribution in [0.5, 0.6) is 0 Å². The van der Waals surface area contributed by atoms with Crippen molar-refractivity contribution in [3.63, 3.8) is 0 Å². The lowest BCUT2D eigenvalue weighted by molar-refractivity contribution is -0.135. The smallest absolute Gasteiger partial charge is 0.227 e. The molecule has 2 unspecified atom stereocenters. The molecule has 2 aliphatic heterocycles. The summed E-state index contributed by atoms with van der Waals surface area (Å²) < 4.78 is 5.63. The molecule has 3 N–H and O–H groups in total. The first kappa shape index (κ1) is 23.6. The predicted octanol–water partition coefficient (Wildman–Crippen LogP) is 4.10. The van der Waals surface area contributed by atoms with Crippen molar-refractivity contribution in [3.8, 4) is 0 Å². The Kier molecular flexibility index (Phi) is 7.01. The summed E-state index contributed by atoms with van der Waals surface area (Å²) in [6, 6.07) is 10.6. The molecule has 31 heavy (non-hydrogen) atoms. The molecule has 3 rings (SSSR count). The van der Waals surface area contributed by atoms with Gasteiger partial charge in [0.05, 0.1) is 24.1 Å². The highest BCUT2D eigenvalue weighted by molar-refractivity contribution is 5.80. The summed E-state index contributed by atoms with van der Waals surface area (Å²) in [6.45, 7) is 11.3. The van der Waals surface area contributed by atoms with Crippen LogP contribution in [0.4, 0.5) is 0 Å². The van der Waals surface area contributed by atoms with Crippen LogP contribution in [0.2, 0.25) is 0 Å². The number of nitrogens with one attached hydrogen (secondary N) is 1. The lowest BCUT2D eigenvalue weighted by Crippen LogP contribution is -2.57. The number of hydrogen-bond donors (Lipinski definition) is 2. The molecule has 0 saturated carbocycles. The Morgan fingerprint density at radius 3 is 2.42 bits per heavy atom. The number of hydrazine groups is 1. The predicted molar refractivity (Wildman–Crippen MR) is 125 cm³/mol. The molecule has 0 aliphatic carbocycles. The number of hydrogen-bond acceptors (Lipinski definition) is 5. The van der Waals surface area contributed by atoms with Crippen molar-refractivity contribution in [1.82, 2.24) is 15.2 Å². The third-order valence-corrected chi connectivity index (χ3v) is 7.45. The zero-order chi connectivity index (χ0) is 22.8. The molecule has 1 amide bonds. The van der Waals surface area contributed by atoms with Gasteiger partial charge in [0.25, 0.3) is 0 Å². The second kappa shape index (κ2) is 9.21. The highest BCUT2D eigenvalue weighted by Gasteiger charge is 2.46. The van der Waals surface area contributed by atoms with Crippen molar-refractivity contribution in [2.45, 2.75) is 89.9 Å². The zero-order valence-electron chi connectivity index (χ0n) is 20.1. The fourth-order valence-corrected chi connectivity index (χ4v) is 5.25. The van der Waals surface area contributed by atoms with Gasteiger partial charge in [0.1, 0.15) is 5.82 Å². The second-order valence-corrected chi connectivity index (χ2v) is 9.80. The van der Waals surface area contributed by atoms with E-state index in [1.54, 1.807) is 7.11 Å². The molecule has 2 fully saturated rings. The molecule has 0 aromatic heterocycles. The average Bonchev–Trinajstić information content (AvgIpc) is 3.15. The molecule has 2 aliphatic rings. The maximum Gasteiger partial charge on any atom is 0.227 e. The van der Waals surface area contributed by atoms with Gasteiger partial charge < -0.3 is 15.0 Å². The minimum absolute atomic E-state index is 0.108. The molecule has 2 saturated heterocycles. The maximum atomic E-state index is 13.5. The van der Waals surface area contributed by atoms with Gasteiger partial charge in [0, 0.05) is 19.2 Å². The van der Waals surface area contributed by atoms with E-state index in [2.05, 4.69) is 62.2 Å². The van der Waals surface area contributed by atoms with E-state index >= 15 is 0 Å². The largest absolute Gasteiger partial charge is 0.380 e. The van der Waals surface area contributed by atoms with E-state index in [0.717, 1.165) is 37.1 Å². The summed E-state index contributed by atoms with van der Waals surface area (Å²) in [7, 11) is 1.74. The summed E-state index contributed by atoms with van der Waals surface area (Å²) in [5.74, 6) is 7.56. The van der Waals surface area contributed by atoms with E-state index in [0.29, 0.717) is 13.0 Å². The zero-order valence-corrected chi connectivity index (χ0v) is 20.1. The number of rotatable bonds is 6. The van der Waals surface area contributed by atoms with Crippen molar-refractivity contribution in [1.29, 1.82) is 0 Å². The molecular formula is C25H40N4O2. The molecule has 6 nitrogen and oxygen atoms in total. The first-order chi connectivity index (χ1) is 14.7. The summed E-state index contributed by atoms with van der Waals surface area (Å²) in [4.78, 5) is 15.5. The van der Waals surface area contributed by atoms with Gasteiger partial charge in [-0.15, -0.1) is 0 Å². The fraction of sp³-hybridized carbons (Fsp3) is 0.640. The summed E-state index contributed by atoms with van der Waals surface area (Å²) in [6.07, 6.45) is 4.13. The van der Waals surface area contributed by atoms with Gasteiger partial charge in [-0.1, -0.05) is 44.2 Å². The fourth-order valence-electron chi connectivity index (χ4n) is 5.25. The van der Waals surface area contributed by atoms with Gasteiger partial charge >= 0.3 is 0 Å². The van der Waals surface area contributed by atoms with Crippen molar-refractivity contribution < 1.29 is 9.53 Å². The first-order valence-electron chi connectivity index (χ1n) is 11.6. The number of ether oxygens (including phenoxy) is 1. The van der Waals surface area contributed by atoms with Crippen LogP contribution >= 0.6 is 0 Å². The van der Waals surface area contributed by atoms with E-state index in [1.165, 1.54) is 5.56 Å². The molecule has 6 heteroatoms. The Hall–Kier alpha value is -2.05. The number of nitrogens with two attached hydrogens (primary N) is 1. The molecule has 2 atom stereocenters. The Balaban J connectivity index is 1.85. The van der Waals surface area contributed by atoms with E-state index in [9.17, 15) is 4.79 Å². The van der Waals surface area contributed by atoms with Gasteiger partial charge in [-0.25, -0.2) is 5.84 Å². The third kappa shape index (κ3) is 4.60. The van der Waals surface area contributed by atoms with Crippen LogP contribution in [0, 0.1) is 0 Å². The van der Waals surface area contributed by atoms with Crippen molar-refractivity contribution in [2.75, 3.05) is 13.7 Å². The Labute approximate surface area is 187 Å². The average molecular weight is 429 g/mol. The van der Waals surface area contributed by atoms with Gasteiger partial charge in [0.15, 0.2) is 0 Å². The van der Waals surface area contributed by atoms with Crippen molar-refractivity contribution >= 4 is 5.91 Å². The van der Waals surface area contributed by atoms with Crippen LogP contribution in [-0.2, 0) is 9.53 Å². The van der Waals surface area contributed by atoms with Gasteiger partial charge in [-0.2, -0.15) is 0 Å². The highest BCUT2D eigenvalue weighted by Crippen LogP contribution is 2.39. The molecular weight excluding hydrogens is 388 g/mol. The summed E-state index contributed by atoms with van der Waals surface area (Å²) >= 11 is 0. The van der Waals surface area contributed by atoms with E-state index in [1.807, 2.05) is 18.0 Å². The lowest BCUT2D eigenvalue weighted by Gasteiger charge is -2.47. The van der Waals surface area contributed by atoms with E-state index in [-0.39, 0.29) is 29.1 Å². The van der Waals surface area contributed by atoms with Crippen LogP contribution in [0.25, 0.3) is 0 Å². The number of nitrogens with zero attached hydrogens (tertiary/aromatic N) is 2. The summed E-state index contributed by atoms with van der Waals surface area (Å²) in [5.41, 5.74) is 1.87. The van der Waals surface area contributed by atoms with Crippen molar-refractivity contribution in [2.24, 2.45) is 5.84 Å². The van der Waals surface area contributed by atoms with Crippen molar-refractivity contribution in [3.05, 3.63) is 47.3 Å². The second-order valence-electron chi connectivity index (χ2n) is 9.80. The first-order valence-corrected chi connectivity index (χ1v) is 11.6. The van der Waals surface area contributed by atoms with Gasteiger partial charge in [-0.3, -0.25) is 9.80 Å². The molecule has 172 valence electrons. The van der Waals surface area contributed by atoms with Crippen LogP contribution in [0.1, 0.15) is 78.3 Å². The normalized spacial score (nSPS) is 26.5. The molecule has 0 radical (unpaired) electrons. The third-order valence-electron chi connectivity index (χ3n) is 7.45. The maximum absolute atomic E-state index is 13.5. The number of carbonyl (C=O) groups excluding carboxylic acids is 1. The Morgan fingerprint density at radius 1 is 1.19 bits per heavy atom. The number of likely N-dealkylation sites (tertiary alicyclic amines) is 1. The van der Waals surface area contributed by atoms with Gasteiger partial charge in [-0.05, 0) is 57.6 Å². The number of benzene rings is 1. The van der Waals surface area contributed by atoms with Crippen LogP contribution in [-0.4, -0.2) is 46.7 Å². The molecule has 0 spiro atoms. The molecule has 1 aromatic rings. The highest BCUT2D eigenvalue weighted by atomic mass is 16.5.